The van der Waals surface area contributed by atoms with Crippen molar-refractivity contribution in [2.24, 2.45) is 10.8 Å². The summed E-state index contributed by atoms with van der Waals surface area (Å²) < 4.78 is 12.9. The third kappa shape index (κ3) is 6.05. The highest BCUT2D eigenvalue weighted by atomic mass is 16.7. The maximum Gasteiger partial charge on any atom is 0.167 e. The zero-order chi connectivity index (χ0) is 18.0. The molecule has 0 atom stereocenters. The average Bonchev–Trinajstić information content (AvgIpc) is 2.63. The highest BCUT2D eigenvalue weighted by molar-refractivity contribution is 4.79. The number of ether oxygens (including phenoxy) is 2. The van der Waals surface area contributed by atoms with Crippen molar-refractivity contribution in [1.29, 1.82) is 0 Å². The molecule has 23 heavy (non-hydrogen) atoms. The van der Waals surface area contributed by atoms with Gasteiger partial charge in [0.1, 0.15) is 0 Å². The van der Waals surface area contributed by atoms with Crippen LogP contribution in [-0.2, 0) is 9.47 Å². The molecule has 0 aliphatic rings. The van der Waals surface area contributed by atoms with Crippen LogP contribution in [0.3, 0.4) is 0 Å². The molecule has 0 unspecified atom stereocenters. The quantitative estimate of drug-likeness (QED) is 0.321. The van der Waals surface area contributed by atoms with E-state index in [-0.39, 0.29) is 0 Å². The van der Waals surface area contributed by atoms with Crippen LogP contribution in [0.1, 0.15) is 107 Å². The van der Waals surface area contributed by atoms with Crippen LogP contribution in [-0.4, -0.2) is 19.0 Å². The van der Waals surface area contributed by atoms with Crippen LogP contribution in [0, 0.1) is 10.8 Å². The molecule has 0 amide bonds. The van der Waals surface area contributed by atoms with E-state index in [1.54, 1.807) is 0 Å². The van der Waals surface area contributed by atoms with Gasteiger partial charge in [0, 0.05) is 0 Å². The Morgan fingerprint density at radius 1 is 0.435 bits per heavy atom. The minimum Gasteiger partial charge on any atom is -0.349 e. The molecule has 0 aliphatic carbocycles. The van der Waals surface area contributed by atoms with Crippen LogP contribution < -0.4 is 0 Å². The molecule has 0 bridgehead atoms. The molecule has 2 heteroatoms. The Morgan fingerprint density at radius 2 is 0.696 bits per heavy atom. The van der Waals surface area contributed by atoms with E-state index in [1.807, 2.05) is 0 Å². The van der Waals surface area contributed by atoms with Gasteiger partial charge in [0.05, 0.1) is 13.2 Å². The molecular weight excluding hydrogens is 284 g/mol. The minimum atomic E-state index is -0.407. The first-order valence-corrected chi connectivity index (χ1v) is 10.2. The maximum atomic E-state index is 6.47. The molecule has 2 nitrogen and oxygen atoms in total. The van der Waals surface area contributed by atoms with Gasteiger partial charge in [-0.2, -0.15) is 0 Å². The molecule has 0 saturated heterocycles. The van der Waals surface area contributed by atoms with Crippen molar-refractivity contribution in [3.63, 3.8) is 0 Å². The summed E-state index contributed by atoms with van der Waals surface area (Å²) in [4.78, 5) is 0. The number of hydrogen-bond donors (Lipinski definition) is 0. The lowest BCUT2D eigenvalue weighted by Gasteiger charge is -2.41. The molecule has 0 aromatic carbocycles. The summed E-state index contributed by atoms with van der Waals surface area (Å²) in [7, 11) is 0. The van der Waals surface area contributed by atoms with E-state index < -0.39 is 5.79 Å². The van der Waals surface area contributed by atoms with Gasteiger partial charge in [0.2, 0.25) is 0 Å². The Morgan fingerprint density at radius 3 is 0.870 bits per heavy atom. The third-order valence-electron chi connectivity index (χ3n) is 6.86. The standard InChI is InChI=1S/C21H44O2/c1-9-19(10-2,11-3)17-22-21(15-7,16-8)23-18-20(12-4,13-5)14-6/h9-18H2,1-8H3. The van der Waals surface area contributed by atoms with Gasteiger partial charge < -0.3 is 9.47 Å². The van der Waals surface area contributed by atoms with E-state index in [2.05, 4.69) is 55.4 Å². The van der Waals surface area contributed by atoms with Crippen molar-refractivity contribution < 1.29 is 9.47 Å². The highest BCUT2D eigenvalue weighted by Gasteiger charge is 2.35. The van der Waals surface area contributed by atoms with E-state index in [9.17, 15) is 0 Å². The Hall–Kier alpha value is -0.0800. The zero-order valence-electron chi connectivity index (χ0n) is 17.4. The monoisotopic (exact) mass is 328 g/mol. The Labute approximate surface area is 146 Å². The van der Waals surface area contributed by atoms with Gasteiger partial charge >= 0.3 is 0 Å². The Kier molecular flexibility index (Phi) is 10.7. The van der Waals surface area contributed by atoms with Crippen LogP contribution in [0.2, 0.25) is 0 Å². The van der Waals surface area contributed by atoms with Gasteiger partial charge in [-0.05, 0) is 62.2 Å². The molecule has 0 aromatic heterocycles. The second-order valence-electron chi connectivity index (χ2n) is 7.32. The summed E-state index contributed by atoms with van der Waals surface area (Å²) in [6.45, 7) is 19.7. The smallest absolute Gasteiger partial charge is 0.167 e. The van der Waals surface area contributed by atoms with Gasteiger partial charge in [0.25, 0.3) is 0 Å². The van der Waals surface area contributed by atoms with Crippen molar-refractivity contribution >= 4 is 0 Å². The van der Waals surface area contributed by atoms with E-state index in [4.69, 9.17) is 9.47 Å². The maximum absolute atomic E-state index is 6.47. The van der Waals surface area contributed by atoms with Crippen molar-refractivity contribution in [3.8, 4) is 0 Å². The second-order valence-corrected chi connectivity index (χ2v) is 7.32. The van der Waals surface area contributed by atoms with E-state index in [0.29, 0.717) is 10.8 Å². The normalized spacial score (nSPS) is 13.6. The lowest BCUT2D eigenvalue weighted by Crippen LogP contribution is -2.42. The van der Waals surface area contributed by atoms with Crippen molar-refractivity contribution in [1.82, 2.24) is 0 Å². The van der Waals surface area contributed by atoms with Crippen LogP contribution >= 0.6 is 0 Å². The fourth-order valence-corrected chi connectivity index (χ4v) is 3.38. The summed E-state index contributed by atoms with van der Waals surface area (Å²) in [6.07, 6.45) is 8.88. The van der Waals surface area contributed by atoms with E-state index in [0.717, 1.165) is 26.1 Å². The molecule has 0 fully saturated rings. The van der Waals surface area contributed by atoms with Gasteiger partial charge in [-0.15, -0.1) is 0 Å². The molecule has 0 aliphatic heterocycles. The first-order valence-electron chi connectivity index (χ1n) is 10.2. The summed E-state index contributed by atoms with van der Waals surface area (Å²) >= 11 is 0. The first kappa shape index (κ1) is 22.9. The Bertz CT molecular complexity index is 244. The fraction of sp³-hybridized carbons (Fsp3) is 1.00. The molecule has 0 saturated carbocycles. The lowest BCUT2D eigenvalue weighted by molar-refractivity contribution is -0.265. The Balaban J connectivity index is 4.99. The van der Waals surface area contributed by atoms with Crippen molar-refractivity contribution in [2.75, 3.05) is 13.2 Å². The highest BCUT2D eigenvalue weighted by Crippen LogP contribution is 2.37. The topological polar surface area (TPSA) is 18.5 Å². The number of hydrogen-bond acceptors (Lipinski definition) is 2. The van der Waals surface area contributed by atoms with Crippen LogP contribution in [0.4, 0.5) is 0 Å². The lowest BCUT2D eigenvalue weighted by atomic mass is 9.80. The van der Waals surface area contributed by atoms with E-state index in [1.165, 1.54) is 38.5 Å². The van der Waals surface area contributed by atoms with Crippen LogP contribution in [0.5, 0.6) is 0 Å². The molecule has 140 valence electrons. The fourth-order valence-electron chi connectivity index (χ4n) is 3.38. The summed E-state index contributed by atoms with van der Waals surface area (Å²) in [5.41, 5.74) is 0.604. The summed E-state index contributed by atoms with van der Waals surface area (Å²) in [5.74, 6) is -0.407. The van der Waals surface area contributed by atoms with E-state index >= 15 is 0 Å². The predicted octanol–water partition coefficient (Wildman–Crippen LogP) is 6.97. The SMILES string of the molecule is CCC(CC)(CC)COC(CC)(CC)OCC(CC)(CC)CC. The molecule has 0 heterocycles. The van der Waals surface area contributed by atoms with Crippen molar-refractivity contribution in [2.45, 2.75) is 113 Å². The van der Waals surface area contributed by atoms with Crippen molar-refractivity contribution in [3.05, 3.63) is 0 Å². The van der Waals surface area contributed by atoms with Gasteiger partial charge in [-0.3, -0.25) is 0 Å². The number of rotatable bonds is 14. The molecule has 0 N–H and O–H groups in total. The molecule has 0 rings (SSSR count). The van der Waals surface area contributed by atoms with Gasteiger partial charge in [0.15, 0.2) is 5.79 Å². The third-order valence-corrected chi connectivity index (χ3v) is 6.86. The van der Waals surface area contributed by atoms with Crippen LogP contribution in [0.15, 0.2) is 0 Å². The minimum absolute atomic E-state index is 0.302. The zero-order valence-corrected chi connectivity index (χ0v) is 17.4. The molecule has 0 radical (unpaired) electrons. The largest absolute Gasteiger partial charge is 0.349 e. The summed E-state index contributed by atoms with van der Waals surface area (Å²) in [5, 5.41) is 0. The molecule has 0 aromatic rings. The predicted molar refractivity (Wildman–Crippen MR) is 102 cm³/mol. The second kappa shape index (κ2) is 10.7. The average molecular weight is 329 g/mol. The first-order chi connectivity index (χ1) is 10.9. The van der Waals surface area contributed by atoms with Crippen LogP contribution in [0.25, 0.3) is 0 Å². The summed E-state index contributed by atoms with van der Waals surface area (Å²) in [6, 6.07) is 0. The van der Waals surface area contributed by atoms with Gasteiger partial charge in [-0.1, -0.05) is 55.4 Å². The molecular formula is C21H44O2. The molecule has 0 spiro atoms. The van der Waals surface area contributed by atoms with Gasteiger partial charge in [-0.25, -0.2) is 0 Å².